The van der Waals surface area contributed by atoms with Gasteiger partial charge >= 0.3 is 5.91 Å². The molecule has 0 fully saturated rings. The van der Waals surface area contributed by atoms with Crippen molar-refractivity contribution in [2.75, 3.05) is 6.61 Å². The molecule has 8 heteroatoms. The average Bonchev–Trinajstić information content (AvgIpc) is 2.87. The lowest BCUT2D eigenvalue weighted by Gasteiger charge is -2.09. The molecule has 0 spiro atoms. The van der Waals surface area contributed by atoms with Gasteiger partial charge in [0.15, 0.2) is 12.3 Å². The standard InChI is InChI=1S/C17H13Br2N3O3/c1-9-6-10(18)7-12(19)16(9)25-8-14(23)21-22-15-11-4-2-3-5-13(11)20-17(15)24/h2-7,20,24H,8H2,1H3. The molecule has 25 heavy (non-hydrogen) atoms. The fourth-order valence-corrected chi connectivity index (χ4v) is 3.91. The van der Waals surface area contributed by atoms with Crippen molar-refractivity contribution < 1.29 is 14.6 Å². The van der Waals surface area contributed by atoms with E-state index in [4.69, 9.17) is 4.74 Å². The van der Waals surface area contributed by atoms with Crippen LogP contribution in [0.1, 0.15) is 5.56 Å². The van der Waals surface area contributed by atoms with E-state index in [1.807, 2.05) is 31.2 Å². The number of ether oxygens (including phenoxy) is 1. The van der Waals surface area contributed by atoms with Crippen LogP contribution in [0.2, 0.25) is 0 Å². The zero-order valence-electron chi connectivity index (χ0n) is 13.1. The largest absolute Gasteiger partial charge is 0.493 e. The Balaban J connectivity index is 1.72. The summed E-state index contributed by atoms with van der Waals surface area (Å²) < 4.78 is 7.17. The number of carbonyl (C=O) groups is 1. The number of benzene rings is 2. The molecule has 128 valence electrons. The van der Waals surface area contributed by atoms with Crippen LogP contribution in [0.15, 0.2) is 55.6 Å². The van der Waals surface area contributed by atoms with Gasteiger partial charge in [0.1, 0.15) is 5.75 Å². The second kappa shape index (κ2) is 7.37. The summed E-state index contributed by atoms with van der Waals surface area (Å²) in [5.41, 5.74) is 1.82. The number of amides is 1. The first-order valence-corrected chi connectivity index (χ1v) is 8.87. The molecular weight excluding hydrogens is 454 g/mol. The highest BCUT2D eigenvalue weighted by Crippen LogP contribution is 2.35. The monoisotopic (exact) mass is 465 g/mol. The van der Waals surface area contributed by atoms with Gasteiger partial charge in [0, 0.05) is 9.86 Å². The number of para-hydroxylation sites is 1. The van der Waals surface area contributed by atoms with Gasteiger partial charge in [-0.25, -0.2) is 0 Å². The van der Waals surface area contributed by atoms with Gasteiger partial charge in [-0.1, -0.05) is 34.1 Å². The Labute approximate surface area is 160 Å². The van der Waals surface area contributed by atoms with Gasteiger partial charge < -0.3 is 14.8 Å². The number of hydrogen-bond acceptors (Lipinski definition) is 4. The summed E-state index contributed by atoms with van der Waals surface area (Å²) in [4.78, 5) is 14.7. The Morgan fingerprint density at radius 2 is 2.04 bits per heavy atom. The first-order valence-electron chi connectivity index (χ1n) is 7.28. The van der Waals surface area contributed by atoms with Crippen molar-refractivity contribution in [3.05, 3.63) is 50.9 Å². The number of aryl methyl sites for hydroxylation is 1. The van der Waals surface area contributed by atoms with Crippen LogP contribution in [0, 0.1) is 6.92 Å². The van der Waals surface area contributed by atoms with Crippen LogP contribution in [-0.4, -0.2) is 22.6 Å². The lowest BCUT2D eigenvalue weighted by molar-refractivity contribution is -0.120. The molecule has 0 atom stereocenters. The molecule has 1 heterocycles. The van der Waals surface area contributed by atoms with Crippen LogP contribution >= 0.6 is 31.9 Å². The van der Waals surface area contributed by atoms with E-state index in [1.54, 1.807) is 12.1 Å². The highest BCUT2D eigenvalue weighted by atomic mass is 79.9. The van der Waals surface area contributed by atoms with E-state index < -0.39 is 5.91 Å². The second-order valence-electron chi connectivity index (χ2n) is 5.28. The summed E-state index contributed by atoms with van der Waals surface area (Å²) in [6.45, 7) is 1.62. The molecule has 0 saturated carbocycles. The van der Waals surface area contributed by atoms with Crippen molar-refractivity contribution in [1.29, 1.82) is 0 Å². The summed E-state index contributed by atoms with van der Waals surface area (Å²) in [7, 11) is 0. The number of azo groups is 1. The molecule has 2 N–H and O–H groups in total. The number of aromatic amines is 1. The smallest absolute Gasteiger partial charge is 0.302 e. The Hall–Kier alpha value is -2.19. The number of aromatic hydroxyl groups is 1. The maximum atomic E-state index is 11.9. The number of halogens is 2. The van der Waals surface area contributed by atoms with Crippen LogP contribution in [0.4, 0.5) is 5.69 Å². The molecule has 0 aliphatic carbocycles. The van der Waals surface area contributed by atoms with E-state index >= 15 is 0 Å². The van der Waals surface area contributed by atoms with E-state index in [-0.39, 0.29) is 18.2 Å². The first-order chi connectivity index (χ1) is 12.0. The maximum absolute atomic E-state index is 11.9. The SMILES string of the molecule is Cc1cc(Br)cc(Br)c1OCC(=O)N=Nc1c(O)[nH]c2ccccc12. The third-order valence-corrected chi connectivity index (χ3v) is 4.50. The van der Waals surface area contributed by atoms with E-state index in [9.17, 15) is 9.90 Å². The zero-order chi connectivity index (χ0) is 18.0. The third kappa shape index (κ3) is 3.91. The molecule has 1 aromatic heterocycles. The van der Waals surface area contributed by atoms with Gasteiger partial charge in [0.25, 0.3) is 0 Å². The first kappa shape index (κ1) is 17.6. The predicted octanol–water partition coefficient (Wildman–Crippen LogP) is 5.40. The number of aromatic nitrogens is 1. The van der Waals surface area contributed by atoms with Gasteiger partial charge in [-0.05, 0) is 46.6 Å². The number of carbonyl (C=O) groups excluding carboxylic acids is 1. The molecule has 6 nitrogen and oxygen atoms in total. The van der Waals surface area contributed by atoms with E-state index in [2.05, 4.69) is 47.1 Å². The van der Waals surface area contributed by atoms with E-state index in [1.165, 1.54) is 0 Å². The van der Waals surface area contributed by atoms with Crippen molar-refractivity contribution in [3.63, 3.8) is 0 Å². The average molecular weight is 467 g/mol. The lowest BCUT2D eigenvalue weighted by atomic mass is 10.2. The maximum Gasteiger partial charge on any atom is 0.302 e. The predicted molar refractivity (Wildman–Crippen MR) is 102 cm³/mol. The highest BCUT2D eigenvalue weighted by Gasteiger charge is 2.12. The Morgan fingerprint density at radius 3 is 2.80 bits per heavy atom. The third-order valence-electron chi connectivity index (χ3n) is 3.46. The van der Waals surface area contributed by atoms with Crippen molar-refractivity contribution in [2.24, 2.45) is 10.2 Å². The molecule has 1 amide bonds. The number of rotatable bonds is 4. The van der Waals surface area contributed by atoms with E-state index in [0.29, 0.717) is 16.7 Å². The number of nitrogens with one attached hydrogen (secondary N) is 1. The Bertz CT molecular complexity index is 959. The van der Waals surface area contributed by atoms with Gasteiger partial charge in [-0.15, -0.1) is 10.2 Å². The Morgan fingerprint density at radius 1 is 1.28 bits per heavy atom. The van der Waals surface area contributed by atoms with Gasteiger partial charge in [-0.2, -0.15) is 0 Å². The minimum atomic E-state index is -0.557. The topological polar surface area (TPSA) is 87.0 Å². The molecule has 0 aliphatic heterocycles. The Kier molecular flexibility index (Phi) is 5.19. The number of fused-ring (bicyclic) bond motifs is 1. The lowest BCUT2D eigenvalue weighted by Crippen LogP contribution is -2.09. The van der Waals surface area contributed by atoms with Crippen LogP contribution < -0.4 is 4.74 Å². The highest BCUT2D eigenvalue weighted by molar-refractivity contribution is 9.11. The van der Waals surface area contributed by atoms with Gasteiger partial charge in [-0.3, -0.25) is 4.79 Å². The molecule has 0 unspecified atom stereocenters. The summed E-state index contributed by atoms with van der Waals surface area (Å²) in [6, 6.07) is 10.9. The second-order valence-corrected chi connectivity index (χ2v) is 7.05. The van der Waals surface area contributed by atoms with Crippen LogP contribution in [-0.2, 0) is 4.79 Å². The number of nitrogens with zero attached hydrogens (tertiary/aromatic N) is 2. The summed E-state index contributed by atoms with van der Waals surface area (Å²) >= 11 is 6.79. The molecule has 0 saturated heterocycles. The van der Waals surface area contributed by atoms with Crippen molar-refractivity contribution in [2.45, 2.75) is 6.92 Å². The van der Waals surface area contributed by atoms with Crippen LogP contribution in [0.25, 0.3) is 10.9 Å². The quantitative estimate of drug-likeness (QED) is 0.505. The molecule has 0 aliphatic rings. The molecule has 0 bridgehead atoms. The summed E-state index contributed by atoms with van der Waals surface area (Å²) in [5.74, 6) is -0.120. The zero-order valence-corrected chi connectivity index (χ0v) is 16.3. The summed E-state index contributed by atoms with van der Waals surface area (Å²) in [6.07, 6.45) is 0. The molecule has 2 aromatic carbocycles. The van der Waals surface area contributed by atoms with Crippen molar-refractivity contribution in [1.82, 2.24) is 4.98 Å². The summed E-state index contributed by atoms with van der Waals surface area (Å²) in [5, 5.41) is 18.1. The number of hydrogen-bond donors (Lipinski definition) is 2. The van der Waals surface area contributed by atoms with Crippen molar-refractivity contribution >= 4 is 54.4 Å². The minimum absolute atomic E-state index is 0.134. The minimum Gasteiger partial charge on any atom is -0.493 e. The van der Waals surface area contributed by atoms with Crippen LogP contribution in [0.3, 0.4) is 0 Å². The normalized spacial score (nSPS) is 11.3. The molecular formula is C17H13Br2N3O3. The fraction of sp³-hybridized carbons (Fsp3) is 0.118. The molecule has 3 aromatic rings. The van der Waals surface area contributed by atoms with Gasteiger partial charge in [0.2, 0.25) is 5.88 Å². The number of H-pyrrole nitrogens is 1. The van der Waals surface area contributed by atoms with Crippen molar-refractivity contribution in [3.8, 4) is 11.6 Å². The van der Waals surface area contributed by atoms with Crippen LogP contribution in [0.5, 0.6) is 11.6 Å². The molecule has 0 radical (unpaired) electrons. The molecule has 3 rings (SSSR count). The fourth-order valence-electron chi connectivity index (χ4n) is 2.35. The van der Waals surface area contributed by atoms with Gasteiger partial charge in [0.05, 0.1) is 9.99 Å². The van der Waals surface area contributed by atoms with E-state index in [0.717, 1.165) is 14.5 Å².